The second-order valence-corrected chi connectivity index (χ2v) is 6.74. The Morgan fingerprint density at radius 3 is 2.80 bits per heavy atom. The van der Waals surface area contributed by atoms with Gasteiger partial charge >= 0.3 is 5.97 Å². The van der Waals surface area contributed by atoms with Gasteiger partial charge in [0.15, 0.2) is 0 Å². The number of hydrogen-bond donors (Lipinski definition) is 2. The normalized spacial score (nSPS) is 23.1. The number of para-hydroxylation sites is 1. The molecule has 2 aliphatic rings. The smallest absolute Gasteiger partial charge is 0.309 e. The molecular weight excluding hydrogens is 320 g/mol. The Morgan fingerprint density at radius 2 is 2.12 bits per heavy atom. The van der Waals surface area contributed by atoms with Gasteiger partial charge in [0, 0.05) is 31.6 Å². The highest BCUT2D eigenvalue weighted by Crippen LogP contribution is 2.36. The summed E-state index contributed by atoms with van der Waals surface area (Å²) in [6.07, 6.45) is 5.60. The zero-order valence-corrected chi connectivity index (χ0v) is 14.4. The van der Waals surface area contributed by atoms with E-state index in [0.29, 0.717) is 12.8 Å². The van der Waals surface area contributed by atoms with E-state index in [-0.39, 0.29) is 12.3 Å². The third-order valence-corrected chi connectivity index (χ3v) is 5.29. The van der Waals surface area contributed by atoms with E-state index in [1.807, 2.05) is 30.3 Å². The molecule has 0 unspecified atom stereocenters. The summed E-state index contributed by atoms with van der Waals surface area (Å²) in [4.78, 5) is 25.4. The fourth-order valence-electron chi connectivity index (χ4n) is 3.86. The molecule has 0 bridgehead atoms. The number of rotatable bonds is 5. The van der Waals surface area contributed by atoms with Crippen molar-refractivity contribution >= 4 is 18.0 Å². The van der Waals surface area contributed by atoms with E-state index in [1.165, 1.54) is 0 Å². The molecule has 2 saturated heterocycles. The number of aliphatic carboxylic acids is 1. The highest BCUT2D eigenvalue weighted by Gasteiger charge is 2.51. The van der Waals surface area contributed by atoms with Gasteiger partial charge in [-0.25, -0.2) is 0 Å². The lowest BCUT2D eigenvalue weighted by molar-refractivity contribution is -0.144. The molecule has 0 radical (unpaired) electrons. The molecule has 0 aromatic heterocycles. The Labute approximate surface area is 147 Å². The number of amides is 1. The minimum atomic E-state index is -0.872. The Kier molecular flexibility index (Phi) is 5.08. The van der Waals surface area contributed by atoms with Crippen molar-refractivity contribution < 1.29 is 19.4 Å². The third-order valence-electron chi connectivity index (χ3n) is 5.29. The number of benzene rings is 1. The lowest BCUT2D eigenvalue weighted by Crippen LogP contribution is -2.55. The summed E-state index contributed by atoms with van der Waals surface area (Å²) in [6.45, 7) is 2.35. The molecule has 1 spiro atoms. The van der Waals surface area contributed by atoms with Gasteiger partial charge in [-0.3, -0.25) is 14.5 Å². The molecule has 2 N–H and O–H groups in total. The summed E-state index contributed by atoms with van der Waals surface area (Å²) in [5.41, 5.74) is 0.471. The van der Waals surface area contributed by atoms with Crippen molar-refractivity contribution in [3.05, 3.63) is 35.9 Å². The van der Waals surface area contributed by atoms with Crippen LogP contribution in [0, 0.1) is 5.92 Å². The molecule has 25 heavy (non-hydrogen) atoms. The molecule has 3 rings (SSSR count). The van der Waals surface area contributed by atoms with Crippen LogP contribution < -0.4 is 10.1 Å². The Morgan fingerprint density at radius 1 is 1.40 bits per heavy atom. The van der Waals surface area contributed by atoms with Gasteiger partial charge in [-0.1, -0.05) is 30.4 Å². The number of carbonyl (C=O) groups excluding carboxylic acids is 1. The first-order chi connectivity index (χ1) is 12.0. The largest absolute Gasteiger partial charge is 0.496 e. The van der Waals surface area contributed by atoms with Crippen LogP contribution in [0.4, 0.5) is 0 Å². The maximum absolute atomic E-state index is 11.7. The summed E-state index contributed by atoms with van der Waals surface area (Å²) in [7, 11) is 1.66. The number of carbonyl (C=O) groups is 2. The topological polar surface area (TPSA) is 78.9 Å². The van der Waals surface area contributed by atoms with Crippen molar-refractivity contribution in [2.75, 3.05) is 26.7 Å². The van der Waals surface area contributed by atoms with Gasteiger partial charge in [0.2, 0.25) is 5.91 Å². The predicted octanol–water partition coefficient (Wildman–Crippen LogP) is 1.76. The van der Waals surface area contributed by atoms with Crippen molar-refractivity contribution in [2.24, 2.45) is 5.92 Å². The standard InChI is InChI=1S/C19H24N2O4/c1-25-16-7-3-2-5-14(16)6-4-10-21-11-8-19(9-12-21)15(18(23)24)13-17(22)20-19/h2-7,15H,8-13H2,1H3,(H,20,22)(H,23,24)/b6-4+/t15-/m0/s1. The van der Waals surface area contributed by atoms with Crippen LogP contribution in [0.25, 0.3) is 6.08 Å². The lowest BCUT2D eigenvalue weighted by Gasteiger charge is -2.41. The second-order valence-electron chi connectivity index (χ2n) is 6.74. The van der Waals surface area contributed by atoms with Crippen LogP contribution in [0.3, 0.4) is 0 Å². The van der Waals surface area contributed by atoms with E-state index >= 15 is 0 Å². The average molecular weight is 344 g/mol. The minimum Gasteiger partial charge on any atom is -0.496 e. The first kappa shape index (κ1) is 17.5. The number of carboxylic acid groups (broad SMARTS) is 1. The van der Waals surface area contributed by atoms with Gasteiger partial charge in [-0.2, -0.15) is 0 Å². The third kappa shape index (κ3) is 3.69. The monoisotopic (exact) mass is 344 g/mol. The number of piperidine rings is 1. The molecular formula is C19H24N2O4. The Bertz CT molecular complexity index is 678. The van der Waals surface area contributed by atoms with E-state index in [2.05, 4.69) is 16.3 Å². The first-order valence-electron chi connectivity index (χ1n) is 8.60. The number of ether oxygens (including phenoxy) is 1. The fourth-order valence-corrected chi connectivity index (χ4v) is 3.86. The van der Waals surface area contributed by atoms with Gasteiger partial charge in [0.25, 0.3) is 0 Å². The molecule has 1 atom stereocenters. The van der Waals surface area contributed by atoms with Crippen LogP contribution in [0.15, 0.2) is 30.3 Å². The average Bonchev–Trinajstić information content (AvgIpc) is 2.93. The van der Waals surface area contributed by atoms with Crippen molar-refractivity contribution in [1.29, 1.82) is 0 Å². The van der Waals surface area contributed by atoms with E-state index < -0.39 is 17.4 Å². The van der Waals surface area contributed by atoms with Gasteiger partial charge in [0.1, 0.15) is 5.75 Å². The number of carboxylic acids is 1. The molecule has 2 fully saturated rings. The molecule has 1 aromatic rings. The number of methoxy groups -OCH3 is 1. The van der Waals surface area contributed by atoms with Crippen LogP contribution in [-0.4, -0.2) is 54.2 Å². The molecule has 6 heteroatoms. The van der Waals surface area contributed by atoms with E-state index in [9.17, 15) is 14.7 Å². The molecule has 6 nitrogen and oxygen atoms in total. The second kappa shape index (κ2) is 7.27. The first-order valence-corrected chi connectivity index (χ1v) is 8.60. The van der Waals surface area contributed by atoms with E-state index in [4.69, 9.17) is 4.74 Å². The number of likely N-dealkylation sites (tertiary alicyclic amines) is 1. The zero-order chi connectivity index (χ0) is 17.9. The molecule has 0 aliphatic carbocycles. The summed E-state index contributed by atoms with van der Waals surface area (Å²) < 4.78 is 5.33. The molecule has 2 heterocycles. The lowest BCUT2D eigenvalue weighted by atomic mass is 9.78. The van der Waals surface area contributed by atoms with Crippen LogP contribution in [0.5, 0.6) is 5.75 Å². The van der Waals surface area contributed by atoms with Crippen molar-refractivity contribution in [3.63, 3.8) is 0 Å². The van der Waals surface area contributed by atoms with Crippen molar-refractivity contribution in [1.82, 2.24) is 10.2 Å². The minimum absolute atomic E-state index is 0.100. The highest BCUT2D eigenvalue weighted by molar-refractivity contribution is 5.88. The fraction of sp³-hybridized carbons (Fsp3) is 0.474. The van der Waals surface area contributed by atoms with Crippen LogP contribution in [0.1, 0.15) is 24.8 Å². The van der Waals surface area contributed by atoms with Gasteiger partial charge in [-0.05, 0) is 18.9 Å². The molecule has 134 valence electrons. The molecule has 2 aliphatic heterocycles. The summed E-state index contributed by atoms with van der Waals surface area (Å²) in [6, 6.07) is 7.85. The zero-order valence-electron chi connectivity index (χ0n) is 14.4. The van der Waals surface area contributed by atoms with E-state index in [0.717, 1.165) is 30.9 Å². The maximum Gasteiger partial charge on any atom is 0.309 e. The van der Waals surface area contributed by atoms with E-state index in [1.54, 1.807) is 7.11 Å². The quantitative estimate of drug-likeness (QED) is 0.851. The predicted molar refractivity (Wildman–Crippen MR) is 94.3 cm³/mol. The summed E-state index contributed by atoms with van der Waals surface area (Å²) in [5.74, 6) is -0.777. The van der Waals surface area contributed by atoms with Crippen LogP contribution >= 0.6 is 0 Å². The molecule has 1 aromatic carbocycles. The Hall–Kier alpha value is -2.34. The van der Waals surface area contributed by atoms with Gasteiger partial charge in [0.05, 0.1) is 18.6 Å². The number of nitrogens with zero attached hydrogens (tertiary/aromatic N) is 1. The van der Waals surface area contributed by atoms with Gasteiger partial charge < -0.3 is 15.2 Å². The van der Waals surface area contributed by atoms with Crippen LogP contribution in [0.2, 0.25) is 0 Å². The number of hydrogen-bond acceptors (Lipinski definition) is 4. The SMILES string of the molecule is COc1ccccc1/C=C/CN1CCC2(CC1)NC(=O)C[C@H]2C(=O)O. The van der Waals surface area contributed by atoms with Crippen molar-refractivity contribution in [2.45, 2.75) is 24.8 Å². The summed E-state index contributed by atoms with van der Waals surface area (Å²) in [5, 5.41) is 12.3. The van der Waals surface area contributed by atoms with Crippen LogP contribution in [-0.2, 0) is 9.59 Å². The molecule has 1 amide bonds. The summed E-state index contributed by atoms with van der Waals surface area (Å²) >= 11 is 0. The highest BCUT2D eigenvalue weighted by atomic mass is 16.5. The maximum atomic E-state index is 11.7. The van der Waals surface area contributed by atoms with Crippen molar-refractivity contribution in [3.8, 4) is 5.75 Å². The van der Waals surface area contributed by atoms with Gasteiger partial charge in [-0.15, -0.1) is 0 Å². The molecule has 0 saturated carbocycles. The Balaban J connectivity index is 1.57. The number of nitrogens with one attached hydrogen (secondary N) is 1.